The first kappa shape index (κ1) is 12.2. The van der Waals surface area contributed by atoms with Crippen LogP contribution in [0.1, 0.15) is 11.1 Å². The number of hydrogen-bond donors (Lipinski definition) is 1. The minimum atomic E-state index is -1.09. The van der Waals surface area contributed by atoms with Crippen molar-refractivity contribution < 1.29 is 19.1 Å². The van der Waals surface area contributed by atoms with Crippen LogP contribution in [0.25, 0.3) is 11.0 Å². The maximum absolute atomic E-state index is 11.6. The SMILES string of the molecule is Cc1c(C)c2cccc(OCC(=O)O)c2oc1=O. The Hall–Kier alpha value is -2.30. The smallest absolute Gasteiger partial charge is 0.341 e. The highest BCUT2D eigenvalue weighted by Crippen LogP contribution is 2.27. The number of carboxylic acids is 1. The molecule has 0 amide bonds. The molecule has 1 aromatic heterocycles. The Labute approximate surface area is 103 Å². The molecular formula is C13H12O5. The summed E-state index contributed by atoms with van der Waals surface area (Å²) in [6.45, 7) is 3.02. The van der Waals surface area contributed by atoms with Gasteiger partial charge < -0.3 is 14.3 Å². The van der Waals surface area contributed by atoms with E-state index in [1.54, 1.807) is 25.1 Å². The first-order chi connectivity index (χ1) is 8.50. The summed E-state index contributed by atoms with van der Waals surface area (Å²) in [4.78, 5) is 22.1. The van der Waals surface area contributed by atoms with Gasteiger partial charge in [-0.3, -0.25) is 0 Å². The Bertz CT molecular complexity index is 669. The van der Waals surface area contributed by atoms with E-state index in [0.29, 0.717) is 5.56 Å². The first-order valence-corrected chi connectivity index (χ1v) is 5.38. The molecular weight excluding hydrogens is 236 g/mol. The summed E-state index contributed by atoms with van der Waals surface area (Å²) in [6.07, 6.45) is 0. The van der Waals surface area contributed by atoms with Crippen molar-refractivity contribution in [3.05, 3.63) is 39.7 Å². The van der Waals surface area contributed by atoms with Crippen molar-refractivity contribution in [3.8, 4) is 5.75 Å². The van der Waals surface area contributed by atoms with E-state index < -0.39 is 18.2 Å². The number of benzene rings is 1. The van der Waals surface area contributed by atoms with Crippen LogP contribution in [-0.4, -0.2) is 17.7 Å². The van der Waals surface area contributed by atoms with E-state index in [0.717, 1.165) is 10.9 Å². The fourth-order valence-electron chi connectivity index (χ4n) is 1.69. The third-order valence-corrected chi connectivity index (χ3v) is 2.80. The summed E-state index contributed by atoms with van der Waals surface area (Å²) in [5, 5.41) is 9.33. The Kier molecular flexibility index (Phi) is 3.06. The molecule has 0 bridgehead atoms. The number of aliphatic carboxylic acids is 1. The predicted octanol–water partition coefficient (Wildman–Crippen LogP) is 1.87. The molecule has 1 N–H and O–H groups in total. The van der Waals surface area contributed by atoms with Crippen molar-refractivity contribution in [2.75, 3.05) is 6.61 Å². The van der Waals surface area contributed by atoms with Crippen molar-refractivity contribution in [2.45, 2.75) is 13.8 Å². The molecule has 5 heteroatoms. The highest BCUT2D eigenvalue weighted by Gasteiger charge is 2.12. The Morgan fingerprint density at radius 2 is 2.06 bits per heavy atom. The summed E-state index contributed by atoms with van der Waals surface area (Å²) in [7, 11) is 0. The van der Waals surface area contributed by atoms with Gasteiger partial charge in [0.15, 0.2) is 17.9 Å². The molecule has 0 aliphatic rings. The molecule has 94 valence electrons. The van der Waals surface area contributed by atoms with Crippen molar-refractivity contribution in [1.29, 1.82) is 0 Å². The molecule has 0 saturated carbocycles. The molecule has 0 saturated heterocycles. The maximum atomic E-state index is 11.6. The summed E-state index contributed by atoms with van der Waals surface area (Å²) in [5.74, 6) is -0.826. The van der Waals surface area contributed by atoms with Crippen LogP contribution in [0.4, 0.5) is 0 Å². The molecule has 0 fully saturated rings. The van der Waals surface area contributed by atoms with E-state index in [4.69, 9.17) is 14.3 Å². The van der Waals surface area contributed by atoms with Crippen LogP contribution in [0.3, 0.4) is 0 Å². The first-order valence-electron chi connectivity index (χ1n) is 5.38. The van der Waals surface area contributed by atoms with Gasteiger partial charge in [-0.1, -0.05) is 12.1 Å². The van der Waals surface area contributed by atoms with Crippen LogP contribution in [0.15, 0.2) is 27.4 Å². The Balaban J connectivity index is 2.62. The molecule has 5 nitrogen and oxygen atoms in total. The number of para-hydroxylation sites is 1. The Morgan fingerprint density at radius 3 is 2.72 bits per heavy atom. The minimum Gasteiger partial charge on any atom is -0.479 e. The normalized spacial score (nSPS) is 10.6. The molecule has 0 unspecified atom stereocenters. The van der Waals surface area contributed by atoms with E-state index in [1.165, 1.54) is 0 Å². The zero-order valence-corrected chi connectivity index (χ0v) is 10.0. The largest absolute Gasteiger partial charge is 0.479 e. The van der Waals surface area contributed by atoms with Crippen LogP contribution < -0.4 is 10.4 Å². The number of ether oxygens (including phenoxy) is 1. The minimum absolute atomic E-state index is 0.259. The molecule has 1 aromatic carbocycles. The van der Waals surface area contributed by atoms with Crippen molar-refractivity contribution >= 4 is 16.9 Å². The van der Waals surface area contributed by atoms with Crippen LogP contribution >= 0.6 is 0 Å². The lowest BCUT2D eigenvalue weighted by molar-refractivity contribution is -0.139. The third kappa shape index (κ3) is 2.07. The summed E-state index contributed by atoms with van der Waals surface area (Å²) < 4.78 is 10.3. The lowest BCUT2D eigenvalue weighted by atomic mass is 10.1. The number of carbonyl (C=O) groups is 1. The molecule has 18 heavy (non-hydrogen) atoms. The average Bonchev–Trinajstić information content (AvgIpc) is 2.34. The van der Waals surface area contributed by atoms with E-state index in [-0.39, 0.29) is 11.3 Å². The number of carboxylic acid groups (broad SMARTS) is 1. The predicted molar refractivity (Wildman–Crippen MR) is 65.1 cm³/mol. The lowest BCUT2D eigenvalue weighted by Gasteiger charge is -2.08. The van der Waals surface area contributed by atoms with Gasteiger partial charge in [-0.15, -0.1) is 0 Å². The van der Waals surface area contributed by atoms with E-state index in [1.807, 2.05) is 6.92 Å². The van der Waals surface area contributed by atoms with Crippen molar-refractivity contribution in [1.82, 2.24) is 0 Å². The molecule has 0 aliphatic heterocycles. The van der Waals surface area contributed by atoms with Gasteiger partial charge in [-0.05, 0) is 25.5 Å². The zero-order chi connectivity index (χ0) is 13.3. The summed E-state index contributed by atoms with van der Waals surface area (Å²) in [6, 6.07) is 5.10. The monoisotopic (exact) mass is 248 g/mol. The number of rotatable bonds is 3. The topological polar surface area (TPSA) is 76.7 Å². The lowest BCUT2D eigenvalue weighted by Crippen LogP contribution is -2.11. The third-order valence-electron chi connectivity index (χ3n) is 2.80. The van der Waals surface area contributed by atoms with Gasteiger partial charge in [-0.25, -0.2) is 9.59 Å². The second-order valence-electron chi connectivity index (χ2n) is 3.95. The number of fused-ring (bicyclic) bond motifs is 1. The Morgan fingerprint density at radius 1 is 1.33 bits per heavy atom. The van der Waals surface area contributed by atoms with Crippen LogP contribution in [0.5, 0.6) is 5.75 Å². The van der Waals surface area contributed by atoms with E-state index in [2.05, 4.69) is 0 Å². The van der Waals surface area contributed by atoms with Crippen molar-refractivity contribution in [3.63, 3.8) is 0 Å². The second kappa shape index (κ2) is 4.52. The van der Waals surface area contributed by atoms with Gasteiger partial charge in [0.2, 0.25) is 0 Å². The van der Waals surface area contributed by atoms with Gasteiger partial charge in [-0.2, -0.15) is 0 Å². The van der Waals surface area contributed by atoms with Gasteiger partial charge in [0.1, 0.15) is 0 Å². The van der Waals surface area contributed by atoms with E-state index in [9.17, 15) is 9.59 Å². The maximum Gasteiger partial charge on any atom is 0.341 e. The standard InChI is InChI=1S/C13H12O5/c1-7-8(2)13(16)18-12-9(7)4-3-5-10(12)17-6-11(14)15/h3-5H,6H2,1-2H3,(H,14,15). The van der Waals surface area contributed by atoms with Gasteiger partial charge in [0, 0.05) is 10.9 Å². The molecule has 1 heterocycles. The molecule has 2 rings (SSSR count). The number of aryl methyl sites for hydroxylation is 1. The highest BCUT2D eigenvalue weighted by molar-refractivity contribution is 5.86. The van der Waals surface area contributed by atoms with Crippen molar-refractivity contribution in [2.24, 2.45) is 0 Å². The molecule has 0 spiro atoms. The van der Waals surface area contributed by atoms with E-state index >= 15 is 0 Å². The average molecular weight is 248 g/mol. The number of hydrogen-bond acceptors (Lipinski definition) is 4. The summed E-state index contributed by atoms with van der Waals surface area (Å²) >= 11 is 0. The summed E-state index contributed by atoms with van der Waals surface area (Å²) in [5.41, 5.74) is 1.19. The highest BCUT2D eigenvalue weighted by atomic mass is 16.5. The van der Waals surface area contributed by atoms with Gasteiger partial charge in [0.25, 0.3) is 0 Å². The molecule has 0 radical (unpaired) electrons. The van der Waals surface area contributed by atoms with Crippen LogP contribution in [0, 0.1) is 13.8 Å². The molecule has 0 atom stereocenters. The van der Waals surface area contributed by atoms with Crippen LogP contribution in [-0.2, 0) is 4.79 Å². The van der Waals surface area contributed by atoms with Gasteiger partial charge in [0.05, 0.1) is 0 Å². The second-order valence-corrected chi connectivity index (χ2v) is 3.95. The fraction of sp³-hybridized carbons (Fsp3) is 0.231. The molecule has 2 aromatic rings. The van der Waals surface area contributed by atoms with Crippen LogP contribution in [0.2, 0.25) is 0 Å². The quantitative estimate of drug-likeness (QED) is 0.839. The zero-order valence-electron chi connectivity index (χ0n) is 10.0. The van der Waals surface area contributed by atoms with Gasteiger partial charge >= 0.3 is 11.6 Å². The fourth-order valence-corrected chi connectivity index (χ4v) is 1.69. The molecule has 0 aliphatic carbocycles.